The Morgan fingerprint density at radius 2 is 1.23 bits per heavy atom. The first kappa shape index (κ1) is 35.6. The zero-order chi connectivity index (χ0) is 36.2. The number of rotatable bonds is 11. The van der Waals surface area contributed by atoms with Crippen molar-refractivity contribution in [3.05, 3.63) is 119 Å². The molecule has 0 aromatic heterocycles. The van der Waals surface area contributed by atoms with Crippen LogP contribution in [0.3, 0.4) is 0 Å². The van der Waals surface area contributed by atoms with Crippen LogP contribution in [0, 0.1) is 17.8 Å². The number of ketones is 1. The summed E-state index contributed by atoms with van der Waals surface area (Å²) >= 11 is 0. The number of likely N-dealkylation sites (tertiary alicyclic amines) is 2. The van der Waals surface area contributed by atoms with Gasteiger partial charge in [-0.15, -0.1) is 0 Å². The van der Waals surface area contributed by atoms with Crippen LogP contribution < -0.4 is 9.47 Å². The third kappa shape index (κ3) is 7.54. The number of phenolic OH excluding ortho intramolecular Hbond substituents is 2. The molecule has 4 aromatic rings. The second kappa shape index (κ2) is 15.8. The number of carbonyl (C=O) groups excluding carboxylic acids is 2. The van der Waals surface area contributed by atoms with Crippen molar-refractivity contribution in [3.8, 4) is 23.0 Å². The molecule has 2 saturated heterocycles. The molecule has 3 aliphatic rings. The lowest BCUT2D eigenvalue weighted by molar-refractivity contribution is -0.140. The van der Waals surface area contributed by atoms with Gasteiger partial charge in [-0.1, -0.05) is 66.7 Å². The summed E-state index contributed by atoms with van der Waals surface area (Å²) in [5.41, 5.74) is 4.84. The molecule has 52 heavy (non-hydrogen) atoms. The molecule has 2 N–H and O–H groups in total. The summed E-state index contributed by atoms with van der Waals surface area (Å²) in [6, 6.07) is 29.6. The van der Waals surface area contributed by atoms with E-state index in [1.807, 2.05) is 17.0 Å². The van der Waals surface area contributed by atoms with E-state index in [1.54, 1.807) is 30.3 Å². The van der Waals surface area contributed by atoms with Crippen molar-refractivity contribution < 1.29 is 29.3 Å². The predicted molar refractivity (Wildman–Crippen MR) is 201 cm³/mol. The molecule has 2 heterocycles. The normalized spacial score (nSPS) is 21.1. The molecule has 0 bridgehead atoms. The van der Waals surface area contributed by atoms with E-state index in [4.69, 9.17) is 9.47 Å². The molecule has 0 radical (unpaired) electrons. The van der Waals surface area contributed by atoms with Gasteiger partial charge in [0.25, 0.3) is 0 Å². The molecular formula is C44H50N2O6. The van der Waals surface area contributed by atoms with Crippen molar-refractivity contribution in [2.24, 2.45) is 17.8 Å². The number of amides is 1. The average molecular weight is 703 g/mol. The van der Waals surface area contributed by atoms with Gasteiger partial charge in [0.2, 0.25) is 5.91 Å². The summed E-state index contributed by atoms with van der Waals surface area (Å²) < 4.78 is 11.1. The summed E-state index contributed by atoms with van der Waals surface area (Å²) in [5, 5.41) is 21.5. The van der Waals surface area contributed by atoms with Gasteiger partial charge in [0.15, 0.2) is 28.8 Å². The monoisotopic (exact) mass is 702 g/mol. The molecule has 272 valence electrons. The molecule has 8 nitrogen and oxygen atoms in total. The second-order valence-corrected chi connectivity index (χ2v) is 14.9. The van der Waals surface area contributed by atoms with E-state index in [0.717, 1.165) is 62.7 Å². The lowest BCUT2D eigenvalue weighted by atomic mass is 9.78. The van der Waals surface area contributed by atoms with Crippen molar-refractivity contribution in [3.63, 3.8) is 0 Å². The van der Waals surface area contributed by atoms with Crippen LogP contribution in [-0.4, -0.2) is 78.6 Å². The van der Waals surface area contributed by atoms with E-state index >= 15 is 0 Å². The minimum absolute atomic E-state index is 0.000981. The summed E-state index contributed by atoms with van der Waals surface area (Å²) in [4.78, 5) is 33.9. The first-order chi connectivity index (χ1) is 25.3. The standard InChI is InChI=1S/C44H50N2O6/c1-51-39-25-33(13-14-36(39)47)41-34-26-37(48)40(52-2)27-35(34)42(38(49)28-45-19-15-31(16-20-45)23-29-9-5-3-6-10-29)43(41)44(50)46-21-17-32(18-22-46)24-30-11-7-4-8-12-30/h3-14,25-27,31-32,41-43,47-48H,15-24,28H2,1-2H3. The lowest BCUT2D eigenvalue weighted by Gasteiger charge is -2.37. The minimum Gasteiger partial charge on any atom is -0.504 e. The fraction of sp³-hybridized carbons (Fsp3) is 0.409. The molecule has 7 rings (SSSR count). The highest BCUT2D eigenvalue weighted by Gasteiger charge is 2.51. The predicted octanol–water partition coefficient (Wildman–Crippen LogP) is 6.97. The zero-order valence-electron chi connectivity index (χ0n) is 30.2. The molecule has 2 fully saturated rings. The molecule has 0 saturated carbocycles. The van der Waals surface area contributed by atoms with Gasteiger partial charge in [0, 0.05) is 19.0 Å². The fourth-order valence-corrected chi connectivity index (χ4v) is 8.95. The van der Waals surface area contributed by atoms with E-state index < -0.39 is 17.8 Å². The Morgan fingerprint density at radius 3 is 1.81 bits per heavy atom. The molecule has 0 spiro atoms. The van der Waals surface area contributed by atoms with Gasteiger partial charge in [0.05, 0.1) is 32.6 Å². The van der Waals surface area contributed by atoms with Crippen LogP contribution in [0.15, 0.2) is 91.0 Å². The van der Waals surface area contributed by atoms with E-state index in [1.165, 1.54) is 25.3 Å². The van der Waals surface area contributed by atoms with Gasteiger partial charge >= 0.3 is 0 Å². The Labute approximate surface area is 307 Å². The van der Waals surface area contributed by atoms with Crippen LogP contribution in [0.25, 0.3) is 0 Å². The van der Waals surface area contributed by atoms with Crippen molar-refractivity contribution in [1.29, 1.82) is 0 Å². The van der Waals surface area contributed by atoms with Crippen LogP contribution in [0.1, 0.15) is 65.3 Å². The van der Waals surface area contributed by atoms with Gasteiger partial charge in [-0.25, -0.2) is 0 Å². The van der Waals surface area contributed by atoms with E-state index in [-0.39, 0.29) is 41.2 Å². The van der Waals surface area contributed by atoms with Gasteiger partial charge < -0.3 is 24.6 Å². The third-order valence-corrected chi connectivity index (χ3v) is 11.7. The van der Waals surface area contributed by atoms with Gasteiger partial charge in [-0.05, 0) is 116 Å². The van der Waals surface area contributed by atoms with E-state index in [2.05, 4.69) is 53.4 Å². The molecule has 4 aromatic carbocycles. The van der Waals surface area contributed by atoms with Crippen LogP contribution in [0.2, 0.25) is 0 Å². The number of carbonyl (C=O) groups is 2. The third-order valence-electron chi connectivity index (χ3n) is 11.7. The van der Waals surface area contributed by atoms with Crippen molar-refractivity contribution in [1.82, 2.24) is 9.80 Å². The molecule has 3 atom stereocenters. The number of piperidine rings is 2. The number of fused-ring (bicyclic) bond motifs is 1. The maximum Gasteiger partial charge on any atom is 0.227 e. The van der Waals surface area contributed by atoms with Crippen molar-refractivity contribution in [2.75, 3.05) is 46.9 Å². The number of benzene rings is 4. The Hall–Kier alpha value is -4.82. The van der Waals surface area contributed by atoms with Crippen LogP contribution in [-0.2, 0) is 22.4 Å². The zero-order valence-corrected chi connectivity index (χ0v) is 30.2. The average Bonchev–Trinajstić information content (AvgIpc) is 3.50. The number of aromatic hydroxyl groups is 2. The Kier molecular flexibility index (Phi) is 10.8. The van der Waals surface area contributed by atoms with Gasteiger partial charge in [-0.2, -0.15) is 0 Å². The number of phenols is 2. The molecule has 2 aliphatic heterocycles. The summed E-state index contributed by atoms with van der Waals surface area (Å²) in [5.74, 6) is -0.489. The van der Waals surface area contributed by atoms with Crippen molar-refractivity contribution in [2.45, 2.75) is 50.4 Å². The first-order valence-electron chi connectivity index (χ1n) is 18.7. The number of methoxy groups -OCH3 is 2. The summed E-state index contributed by atoms with van der Waals surface area (Å²) in [6.45, 7) is 3.15. The first-order valence-corrected chi connectivity index (χ1v) is 18.7. The van der Waals surface area contributed by atoms with Gasteiger partial charge in [0.1, 0.15) is 0 Å². The number of hydrogen-bond acceptors (Lipinski definition) is 7. The topological polar surface area (TPSA) is 99.5 Å². The van der Waals surface area contributed by atoms with Crippen LogP contribution in [0.5, 0.6) is 23.0 Å². The highest BCUT2D eigenvalue weighted by atomic mass is 16.5. The SMILES string of the molecule is COc1cc(C2c3cc(O)c(OC)cc3C(C(=O)CN3CCC(Cc4ccccc4)CC3)C2C(=O)N2CCC(Cc3ccccc3)CC2)ccc1O. The molecular weight excluding hydrogens is 652 g/mol. The maximum absolute atomic E-state index is 15.0. The fourth-order valence-electron chi connectivity index (χ4n) is 8.95. The summed E-state index contributed by atoms with van der Waals surface area (Å²) in [7, 11) is 2.99. The molecule has 1 amide bonds. The molecule has 8 heteroatoms. The Morgan fingerprint density at radius 1 is 0.673 bits per heavy atom. The van der Waals surface area contributed by atoms with Crippen molar-refractivity contribution >= 4 is 11.7 Å². The Bertz CT molecular complexity index is 1850. The largest absolute Gasteiger partial charge is 0.504 e. The number of Topliss-reactive ketones (excluding diaryl/α,β-unsaturated/α-hetero) is 1. The quantitative estimate of drug-likeness (QED) is 0.174. The smallest absolute Gasteiger partial charge is 0.227 e. The maximum atomic E-state index is 15.0. The van der Waals surface area contributed by atoms with E-state index in [9.17, 15) is 19.8 Å². The van der Waals surface area contributed by atoms with Crippen LogP contribution >= 0.6 is 0 Å². The second-order valence-electron chi connectivity index (χ2n) is 14.9. The summed E-state index contributed by atoms with van der Waals surface area (Å²) in [6.07, 6.45) is 5.84. The van der Waals surface area contributed by atoms with Gasteiger partial charge in [-0.3, -0.25) is 14.5 Å². The molecule has 3 unspecified atom stereocenters. The van der Waals surface area contributed by atoms with E-state index in [0.29, 0.717) is 30.5 Å². The Balaban J connectivity index is 1.17. The highest BCUT2D eigenvalue weighted by molar-refractivity contribution is 5.97. The highest BCUT2D eigenvalue weighted by Crippen LogP contribution is 2.54. The lowest BCUT2D eigenvalue weighted by Crippen LogP contribution is -2.46. The number of ether oxygens (including phenoxy) is 2. The minimum atomic E-state index is -0.732. The van der Waals surface area contributed by atoms with Crippen LogP contribution in [0.4, 0.5) is 0 Å². The number of hydrogen-bond donors (Lipinski definition) is 2. The molecule has 1 aliphatic carbocycles. The number of nitrogens with zero attached hydrogens (tertiary/aromatic N) is 2.